The van der Waals surface area contributed by atoms with Gasteiger partial charge in [0.1, 0.15) is 0 Å². The summed E-state index contributed by atoms with van der Waals surface area (Å²) in [7, 11) is 0. The molecule has 3 rings (SSSR count). The van der Waals surface area contributed by atoms with Crippen LogP contribution in [0.15, 0.2) is 0 Å². The van der Waals surface area contributed by atoms with E-state index in [-0.39, 0.29) is 0 Å². The third kappa shape index (κ3) is 1.25. The highest BCUT2D eigenvalue weighted by atomic mass is 16.3. The number of hydrogen-bond acceptors (Lipinski definition) is 1. The molecule has 3 aliphatic carbocycles. The summed E-state index contributed by atoms with van der Waals surface area (Å²) >= 11 is 0. The lowest BCUT2D eigenvalue weighted by atomic mass is 9.64. The molecule has 3 fully saturated rings. The summed E-state index contributed by atoms with van der Waals surface area (Å²) in [6.07, 6.45) is 4.97. The van der Waals surface area contributed by atoms with Crippen LogP contribution < -0.4 is 0 Å². The van der Waals surface area contributed by atoms with Crippen molar-refractivity contribution >= 4 is 0 Å². The highest BCUT2D eigenvalue weighted by molar-refractivity contribution is 5.18. The number of rotatable bonds is 0. The van der Waals surface area contributed by atoms with Gasteiger partial charge in [-0.2, -0.15) is 0 Å². The SMILES string of the molecule is CC1C[C@@H](C)[C@]23CC[C@@](C)(O)[C@H](C2)C(C)(C)[C@H]13. The molecule has 1 spiro atoms. The van der Waals surface area contributed by atoms with E-state index in [0.29, 0.717) is 16.7 Å². The van der Waals surface area contributed by atoms with Crippen molar-refractivity contribution in [1.29, 1.82) is 0 Å². The molecule has 0 aromatic heterocycles. The Morgan fingerprint density at radius 2 is 1.71 bits per heavy atom. The van der Waals surface area contributed by atoms with E-state index in [0.717, 1.165) is 24.2 Å². The van der Waals surface area contributed by atoms with E-state index >= 15 is 0 Å². The lowest BCUT2D eigenvalue weighted by Crippen LogP contribution is -2.44. The standard InChI is InChI=1S/C16H28O/c1-10-8-11(2)16-7-6-15(5,17)12(9-16)14(3,4)13(10)16/h10-13,17H,6-9H2,1-5H3/t10?,11-,12-,13+,15-,16+/m1/s1. The molecule has 17 heavy (non-hydrogen) atoms. The first kappa shape index (κ1) is 12.0. The minimum Gasteiger partial charge on any atom is -0.390 e. The van der Waals surface area contributed by atoms with Gasteiger partial charge in [-0.1, -0.05) is 27.7 Å². The Bertz CT molecular complexity index is 343. The topological polar surface area (TPSA) is 20.2 Å². The minimum atomic E-state index is -0.418. The molecular weight excluding hydrogens is 208 g/mol. The average molecular weight is 236 g/mol. The van der Waals surface area contributed by atoms with Gasteiger partial charge in [0, 0.05) is 0 Å². The van der Waals surface area contributed by atoms with Gasteiger partial charge in [-0.25, -0.2) is 0 Å². The van der Waals surface area contributed by atoms with Crippen LogP contribution in [0.25, 0.3) is 0 Å². The summed E-state index contributed by atoms with van der Waals surface area (Å²) in [6.45, 7) is 11.9. The highest BCUT2D eigenvalue weighted by Crippen LogP contribution is 2.74. The van der Waals surface area contributed by atoms with E-state index in [2.05, 4.69) is 34.6 Å². The lowest BCUT2D eigenvalue weighted by molar-refractivity contribution is -0.0725. The maximum Gasteiger partial charge on any atom is 0.0653 e. The monoisotopic (exact) mass is 236 g/mol. The molecule has 98 valence electrons. The van der Waals surface area contributed by atoms with Gasteiger partial charge in [-0.3, -0.25) is 0 Å². The Labute approximate surface area is 106 Å². The van der Waals surface area contributed by atoms with Gasteiger partial charge in [-0.05, 0) is 67.1 Å². The molecule has 0 saturated heterocycles. The van der Waals surface area contributed by atoms with Crippen molar-refractivity contribution in [2.75, 3.05) is 0 Å². The van der Waals surface area contributed by atoms with E-state index in [1.54, 1.807) is 0 Å². The zero-order chi connectivity index (χ0) is 12.6. The normalized spacial score (nSPS) is 60.4. The predicted octanol–water partition coefficient (Wildman–Crippen LogP) is 3.86. The number of aliphatic hydroxyl groups is 1. The van der Waals surface area contributed by atoms with Crippen molar-refractivity contribution in [1.82, 2.24) is 0 Å². The average Bonchev–Trinajstić information content (AvgIpc) is 2.55. The summed E-state index contributed by atoms with van der Waals surface area (Å²) in [4.78, 5) is 0. The molecule has 3 saturated carbocycles. The van der Waals surface area contributed by atoms with Crippen molar-refractivity contribution in [3.05, 3.63) is 0 Å². The second-order valence-corrected chi connectivity index (χ2v) is 8.26. The summed E-state index contributed by atoms with van der Waals surface area (Å²) in [5.74, 6) is 3.06. The largest absolute Gasteiger partial charge is 0.390 e. The molecule has 3 aliphatic rings. The summed E-state index contributed by atoms with van der Waals surface area (Å²) in [5, 5.41) is 10.7. The van der Waals surface area contributed by atoms with Crippen molar-refractivity contribution in [2.24, 2.45) is 34.5 Å². The van der Waals surface area contributed by atoms with E-state index in [9.17, 15) is 5.11 Å². The quantitative estimate of drug-likeness (QED) is 0.677. The molecule has 1 heteroatoms. The van der Waals surface area contributed by atoms with Gasteiger partial charge in [0.2, 0.25) is 0 Å². The Morgan fingerprint density at radius 3 is 2.35 bits per heavy atom. The van der Waals surface area contributed by atoms with Gasteiger partial charge in [0.25, 0.3) is 0 Å². The molecule has 0 heterocycles. The van der Waals surface area contributed by atoms with Gasteiger partial charge in [-0.15, -0.1) is 0 Å². The summed E-state index contributed by atoms with van der Waals surface area (Å²) < 4.78 is 0. The molecule has 0 aromatic rings. The zero-order valence-electron chi connectivity index (χ0n) is 12.1. The van der Waals surface area contributed by atoms with Crippen LogP contribution in [0.2, 0.25) is 0 Å². The van der Waals surface area contributed by atoms with Gasteiger partial charge in [0.15, 0.2) is 0 Å². The first-order chi connectivity index (χ1) is 7.72. The second-order valence-electron chi connectivity index (χ2n) is 8.26. The van der Waals surface area contributed by atoms with Crippen LogP contribution in [0.5, 0.6) is 0 Å². The Morgan fingerprint density at radius 1 is 1.06 bits per heavy atom. The molecular formula is C16H28O. The molecule has 1 nitrogen and oxygen atoms in total. The van der Waals surface area contributed by atoms with Crippen molar-refractivity contribution in [3.63, 3.8) is 0 Å². The number of fused-ring (bicyclic) bond motifs is 1. The fourth-order valence-electron chi connectivity index (χ4n) is 6.65. The van der Waals surface area contributed by atoms with Gasteiger partial charge >= 0.3 is 0 Å². The van der Waals surface area contributed by atoms with Crippen LogP contribution in [0, 0.1) is 34.5 Å². The van der Waals surface area contributed by atoms with Crippen LogP contribution in [-0.4, -0.2) is 10.7 Å². The first-order valence-corrected chi connectivity index (χ1v) is 7.44. The lowest BCUT2D eigenvalue weighted by Gasteiger charge is -2.44. The molecule has 0 radical (unpaired) electrons. The predicted molar refractivity (Wildman–Crippen MR) is 70.6 cm³/mol. The third-order valence-corrected chi connectivity index (χ3v) is 7.03. The number of hydrogen-bond donors (Lipinski definition) is 1. The fourth-order valence-corrected chi connectivity index (χ4v) is 6.65. The highest BCUT2D eigenvalue weighted by Gasteiger charge is 2.69. The zero-order valence-corrected chi connectivity index (χ0v) is 12.1. The Kier molecular flexibility index (Phi) is 2.19. The van der Waals surface area contributed by atoms with Crippen LogP contribution >= 0.6 is 0 Å². The van der Waals surface area contributed by atoms with Gasteiger partial charge in [0.05, 0.1) is 5.60 Å². The van der Waals surface area contributed by atoms with E-state index in [1.165, 1.54) is 19.3 Å². The van der Waals surface area contributed by atoms with Crippen LogP contribution in [-0.2, 0) is 0 Å². The molecule has 0 aromatic carbocycles. The van der Waals surface area contributed by atoms with Crippen molar-refractivity contribution in [2.45, 2.75) is 65.9 Å². The fraction of sp³-hybridized carbons (Fsp3) is 1.00. The van der Waals surface area contributed by atoms with Crippen LogP contribution in [0.1, 0.15) is 60.3 Å². The van der Waals surface area contributed by atoms with E-state index < -0.39 is 5.60 Å². The van der Waals surface area contributed by atoms with Crippen LogP contribution in [0.3, 0.4) is 0 Å². The minimum absolute atomic E-state index is 0.324. The van der Waals surface area contributed by atoms with Crippen LogP contribution in [0.4, 0.5) is 0 Å². The maximum atomic E-state index is 10.7. The molecule has 1 N–H and O–H groups in total. The third-order valence-electron chi connectivity index (χ3n) is 7.03. The summed E-state index contributed by atoms with van der Waals surface area (Å²) in [6, 6.07) is 0. The Hall–Kier alpha value is -0.0400. The van der Waals surface area contributed by atoms with E-state index in [4.69, 9.17) is 0 Å². The second kappa shape index (κ2) is 3.10. The maximum absolute atomic E-state index is 10.7. The van der Waals surface area contributed by atoms with E-state index in [1.807, 2.05) is 0 Å². The van der Waals surface area contributed by atoms with Gasteiger partial charge < -0.3 is 5.11 Å². The Balaban J connectivity index is 2.09. The molecule has 0 aliphatic heterocycles. The van der Waals surface area contributed by atoms with Crippen molar-refractivity contribution in [3.8, 4) is 0 Å². The van der Waals surface area contributed by atoms with Crippen molar-refractivity contribution < 1.29 is 5.11 Å². The smallest absolute Gasteiger partial charge is 0.0653 e. The summed E-state index contributed by atoms with van der Waals surface area (Å²) in [5.41, 5.74) is 0.471. The molecule has 6 atom stereocenters. The molecule has 0 amide bonds. The first-order valence-electron chi connectivity index (χ1n) is 7.44. The molecule has 2 bridgehead atoms. The molecule has 1 unspecified atom stereocenters.